The minimum atomic E-state index is -0.151. The summed E-state index contributed by atoms with van der Waals surface area (Å²) in [6, 6.07) is 8.64. The molecule has 1 amide bonds. The van der Waals surface area contributed by atoms with Crippen LogP contribution in [-0.2, 0) is 4.79 Å². The van der Waals surface area contributed by atoms with Crippen LogP contribution in [0.15, 0.2) is 53.0 Å². The molecule has 0 bridgehead atoms. The van der Waals surface area contributed by atoms with Crippen molar-refractivity contribution in [3.63, 3.8) is 0 Å². The van der Waals surface area contributed by atoms with E-state index in [1.54, 1.807) is 42.3 Å². The van der Waals surface area contributed by atoms with E-state index in [1.165, 1.54) is 6.08 Å². The van der Waals surface area contributed by atoms with E-state index in [0.717, 1.165) is 0 Å². The van der Waals surface area contributed by atoms with Crippen LogP contribution in [0.3, 0.4) is 0 Å². The number of nitrogens with zero attached hydrogens (tertiary/aromatic N) is 4. The fourth-order valence-electron chi connectivity index (χ4n) is 3.06. The molecule has 1 aliphatic rings. The Hall–Kier alpha value is -2.90. The predicted octanol–water partition coefficient (Wildman–Crippen LogP) is 4.37. The molecule has 1 saturated heterocycles. The van der Waals surface area contributed by atoms with Crippen molar-refractivity contribution >= 4 is 53.0 Å². The smallest absolute Gasteiger partial charge is 0.246 e. The number of ether oxygens (including phenoxy) is 1. The van der Waals surface area contributed by atoms with Crippen molar-refractivity contribution in [3.05, 3.63) is 58.7 Å². The lowest BCUT2D eigenvalue weighted by molar-refractivity contribution is -0.125. The predicted molar refractivity (Wildman–Crippen MR) is 122 cm³/mol. The van der Waals surface area contributed by atoms with Crippen molar-refractivity contribution < 1.29 is 9.53 Å². The van der Waals surface area contributed by atoms with Gasteiger partial charge < -0.3 is 15.0 Å². The first-order chi connectivity index (χ1) is 14.4. The number of aliphatic imine (C=N–C) groups is 2. The molecule has 0 spiro atoms. The summed E-state index contributed by atoms with van der Waals surface area (Å²) in [5, 5.41) is 4.05. The van der Waals surface area contributed by atoms with Gasteiger partial charge in [-0.25, -0.2) is 4.98 Å². The number of halogens is 2. The van der Waals surface area contributed by atoms with Gasteiger partial charge in [0.25, 0.3) is 0 Å². The molecular weight excluding hydrogens is 425 g/mol. The number of amidine groups is 1. The molecule has 0 unspecified atom stereocenters. The third-order valence-electron chi connectivity index (χ3n) is 4.57. The summed E-state index contributed by atoms with van der Waals surface area (Å²) in [4.78, 5) is 26.4. The van der Waals surface area contributed by atoms with Crippen LogP contribution in [0.4, 0.5) is 11.4 Å². The zero-order valence-electron chi connectivity index (χ0n) is 16.4. The molecule has 2 aromatic rings. The molecule has 1 aromatic carbocycles. The molecule has 2 heterocycles. The van der Waals surface area contributed by atoms with E-state index in [-0.39, 0.29) is 12.0 Å². The van der Waals surface area contributed by atoms with Crippen LogP contribution in [0.25, 0.3) is 0 Å². The third kappa shape index (κ3) is 4.98. The van der Waals surface area contributed by atoms with Crippen LogP contribution in [0, 0.1) is 0 Å². The average molecular weight is 446 g/mol. The minimum Gasteiger partial charge on any atom is -0.472 e. The van der Waals surface area contributed by atoms with E-state index in [0.29, 0.717) is 58.3 Å². The van der Waals surface area contributed by atoms with E-state index in [9.17, 15) is 4.79 Å². The van der Waals surface area contributed by atoms with Gasteiger partial charge in [-0.15, -0.1) is 0 Å². The lowest BCUT2D eigenvalue weighted by atomic mass is 10.2. The number of rotatable bonds is 6. The number of pyridine rings is 1. The van der Waals surface area contributed by atoms with Crippen molar-refractivity contribution in [2.45, 2.75) is 12.5 Å². The topological polar surface area (TPSA) is 79.2 Å². The van der Waals surface area contributed by atoms with Gasteiger partial charge in [-0.3, -0.25) is 14.8 Å². The Labute approximate surface area is 185 Å². The van der Waals surface area contributed by atoms with Crippen LogP contribution >= 0.6 is 23.2 Å². The van der Waals surface area contributed by atoms with E-state index < -0.39 is 0 Å². The van der Waals surface area contributed by atoms with Gasteiger partial charge in [-0.1, -0.05) is 29.8 Å². The summed E-state index contributed by atoms with van der Waals surface area (Å²) in [5.74, 6) is 0.774. The zero-order valence-corrected chi connectivity index (χ0v) is 18.0. The summed E-state index contributed by atoms with van der Waals surface area (Å²) in [6.07, 6.45) is 1.87. The molecule has 1 fully saturated rings. The number of aromatic nitrogens is 1. The molecule has 0 aliphatic carbocycles. The second-order valence-corrected chi connectivity index (χ2v) is 7.33. The second-order valence-electron chi connectivity index (χ2n) is 6.52. The van der Waals surface area contributed by atoms with Gasteiger partial charge in [0, 0.05) is 31.8 Å². The summed E-state index contributed by atoms with van der Waals surface area (Å²) in [6.45, 7) is 8.23. The van der Waals surface area contributed by atoms with Crippen molar-refractivity contribution in [1.29, 1.82) is 0 Å². The van der Waals surface area contributed by atoms with Gasteiger partial charge in [-0.2, -0.15) is 0 Å². The number of carbonyl (C=O) groups excluding carboxylic acids is 1. The Bertz CT molecular complexity index is 1010. The number of amides is 1. The molecule has 0 saturated carbocycles. The summed E-state index contributed by atoms with van der Waals surface area (Å²) in [7, 11) is 1.64. The Morgan fingerprint density at radius 3 is 2.80 bits per heavy atom. The van der Waals surface area contributed by atoms with E-state index in [2.05, 4.69) is 33.6 Å². The van der Waals surface area contributed by atoms with E-state index >= 15 is 0 Å². The molecule has 1 N–H and O–H groups in total. The quantitative estimate of drug-likeness (QED) is 0.406. The van der Waals surface area contributed by atoms with Crippen LogP contribution in [0.1, 0.15) is 12.1 Å². The first-order valence-corrected chi connectivity index (χ1v) is 9.95. The van der Waals surface area contributed by atoms with Crippen LogP contribution in [0.5, 0.6) is 5.88 Å². The number of hydrogen-bond acceptors (Lipinski definition) is 5. The lowest BCUT2D eigenvalue weighted by Crippen LogP contribution is -2.29. The van der Waals surface area contributed by atoms with Gasteiger partial charge in [0.2, 0.25) is 11.8 Å². The van der Waals surface area contributed by atoms with Crippen molar-refractivity contribution in [1.82, 2.24) is 9.88 Å². The maximum atomic E-state index is 11.8. The second kappa shape index (κ2) is 9.73. The monoisotopic (exact) mass is 445 g/mol. The first-order valence-electron chi connectivity index (χ1n) is 9.20. The van der Waals surface area contributed by atoms with Crippen molar-refractivity contribution in [3.8, 4) is 5.88 Å². The highest BCUT2D eigenvalue weighted by Crippen LogP contribution is 2.27. The van der Waals surface area contributed by atoms with Crippen LogP contribution in [0.2, 0.25) is 10.0 Å². The molecular formula is C21H21Cl2N5O2. The standard InChI is InChI=1S/C21H21Cl2N5O2/c1-4-19(29)28-10-9-14(12-28)30-18-8-7-17(24-2)20(27-18)21(25-3)26-13-5-6-15(22)16(23)11-13/h4-8,11,14H,1-2,9-10,12H2,3H3,(H,25,26)/t14-/m0/s1. The largest absolute Gasteiger partial charge is 0.472 e. The summed E-state index contributed by atoms with van der Waals surface area (Å²) in [5.41, 5.74) is 1.72. The normalized spacial score (nSPS) is 16.3. The van der Waals surface area contributed by atoms with E-state index in [4.69, 9.17) is 27.9 Å². The van der Waals surface area contributed by atoms with E-state index in [1.807, 2.05) is 0 Å². The molecule has 0 radical (unpaired) electrons. The highest BCUT2D eigenvalue weighted by atomic mass is 35.5. The molecule has 156 valence electrons. The van der Waals surface area contributed by atoms with Gasteiger partial charge in [0.15, 0.2) is 5.84 Å². The molecule has 3 rings (SSSR count). The molecule has 9 heteroatoms. The molecule has 1 atom stereocenters. The number of hydrogen-bond donors (Lipinski definition) is 1. The zero-order chi connectivity index (χ0) is 21.7. The van der Waals surface area contributed by atoms with Gasteiger partial charge in [0.05, 0.1) is 22.3 Å². The Kier molecular flexibility index (Phi) is 7.07. The highest BCUT2D eigenvalue weighted by Gasteiger charge is 2.27. The van der Waals surface area contributed by atoms with Gasteiger partial charge in [-0.05, 0) is 37.1 Å². The maximum absolute atomic E-state index is 11.8. The lowest BCUT2D eigenvalue weighted by Gasteiger charge is -2.17. The first kappa shape index (κ1) is 21.8. The molecule has 1 aromatic heterocycles. The van der Waals surface area contributed by atoms with Crippen molar-refractivity contribution in [2.75, 3.05) is 25.5 Å². The number of anilines is 1. The van der Waals surface area contributed by atoms with Gasteiger partial charge in [0.1, 0.15) is 11.8 Å². The maximum Gasteiger partial charge on any atom is 0.246 e. The Morgan fingerprint density at radius 1 is 1.33 bits per heavy atom. The van der Waals surface area contributed by atoms with Crippen molar-refractivity contribution in [2.24, 2.45) is 9.98 Å². The summed E-state index contributed by atoms with van der Waals surface area (Å²) >= 11 is 12.1. The Morgan fingerprint density at radius 2 is 2.13 bits per heavy atom. The molecule has 30 heavy (non-hydrogen) atoms. The number of likely N-dealkylation sites (tertiary alicyclic amines) is 1. The van der Waals surface area contributed by atoms with Crippen LogP contribution < -0.4 is 10.1 Å². The number of carbonyl (C=O) groups is 1. The highest BCUT2D eigenvalue weighted by molar-refractivity contribution is 6.42. The fourth-order valence-corrected chi connectivity index (χ4v) is 3.36. The summed E-state index contributed by atoms with van der Waals surface area (Å²) < 4.78 is 6.00. The Balaban J connectivity index is 1.81. The minimum absolute atomic E-state index is 0.104. The molecule has 7 nitrogen and oxygen atoms in total. The van der Waals surface area contributed by atoms with Gasteiger partial charge >= 0.3 is 0 Å². The number of benzene rings is 1. The third-order valence-corrected chi connectivity index (χ3v) is 5.31. The number of nitrogens with one attached hydrogen (secondary N) is 1. The van der Waals surface area contributed by atoms with Crippen LogP contribution in [-0.4, -0.2) is 54.6 Å². The SMILES string of the molecule is C=CC(=O)N1CC[C@H](Oc2ccc(N=C)c(/C(=N\C)Nc3ccc(Cl)c(Cl)c3)n2)C1. The average Bonchev–Trinajstić information content (AvgIpc) is 3.22. The molecule has 1 aliphatic heterocycles. The fraction of sp³-hybridized carbons (Fsp3) is 0.238.